The quantitative estimate of drug-likeness (QED) is 0.388. The van der Waals surface area contributed by atoms with E-state index in [2.05, 4.69) is 62.6 Å². The summed E-state index contributed by atoms with van der Waals surface area (Å²) < 4.78 is 10.2. The van der Waals surface area contributed by atoms with Gasteiger partial charge in [-0.1, -0.05) is 45.8 Å². The summed E-state index contributed by atoms with van der Waals surface area (Å²) in [6.07, 6.45) is 1.72. The molecule has 2 aromatic heterocycles. The summed E-state index contributed by atoms with van der Waals surface area (Å²) in [5.41, 5.74) is 5.06. The number of nitrogens with one attached hydrogen (secondary N) is 1. The first-order valence-corrected chi connectivity index (χ1v) is 11.0. The Kier molecular flexibility index (Phi) is 6.41. The lowest BCUT2D eigenvalue weighted by atomic mass is 10.1. The molecule has 0 saturated carbocycles. The first-order valence-electron chi connectivity index (χ1n) is 10.2. The van der Waals surface area contributed by atoms with Crippen LogP contribution in [-0.4, -0.2) is 25.5 Å². The molecule has 32 heavy (non-hydrogen) atoms. The van der Waals surface area contributed by atoms with Crippen LogP contribution in [0, 0.1) is 20.8 Å². The van der Waals surface area contributed by atoms with Crippen LogP contribution < -0.4 is 10.1 Å². The number of halogens is 1. The molecule has 0 radical (unpaired) electrons. The summed E-state index contributed by atoms with van der Waals surface area (Å²) in [5, 5.41) is 11.9. The number of carbonyl (C=O) groups excluding carboxylic acids is 1. The molecule has 0 fully saturated rings. The van der Waals surface area contributed by atoms with Crippen LogP contribution in [0.1, 0.15) is 33.0 Å². The monoisotopic (exact) mass is 493 g/mol. The molecule has 0 saturated heterocycles. The molecule has 4 aromatic rings. The molecule has 164 valence electrons. The second kappa shape index (κ2) is 9.40. The Hall–Kier alpha value is -3.39. The van der Waals surface area contributed by atoms with Crippen LogP contribution >= 0.6 is 15.9 Å². The highest BCUT2D eigenvalue weighted by molar-refractivity contribution is 9.10. The van der Waals surface area contributed by atoms with Gasteiger partial charge in [-0.2, -0.15) is 10.2 Å². The van der Waals surface area contributed by atoms with E-state index in [0.29, 0.717) is 17.9 Å². The normalized spacial score (nSPS) is 10.9. The summed E-state index contributed by atoms with van der Waals surface area (Å²) in [4.78, 5) is 12.8. The minimum atomic E-state index is -0.284. The zero-order valence-corrected chi connectivity index (χ0v) is 19.8. The van der Waals surface area contributed by atoms with Gasteiger partial charge in [-0.05, 0) is 56.7 Å². The predicted molar refractivity (Wildman–Crippen MR) is 127 cm³/mol. The van der Waals surface area contributed by atoms with Crippen LogP contribution in [0.4, 0.5) is 5.69 Å². The third kappa shape index (κ3) is 5.08. The van der Waals surface area contributed by atoms with E-state index < -0.39 is 0 Å². The Morgan fingerprint density at radius 2 is 1.72 bits per heavy atom. The fourth-order valence-corrected chi connectivity index (χ4v) is 3.57. The van der Waals surface area contributed by atoms with Crippen LogP contribution in [0.15, 0.2) is 65.3 Å². The SMILES string of the molecule is Cc1ccc(Cn2nc(C)c(NC(=O)c3ccn(COc4ccc(Br)cc4)n3)c2C)cc1. The lowest BCUT2D eigenvalue weighted by molar-refractivity contribution is 0.102. The Labute approximate surface area is 195 Å². The first-order chi connectivity index (χ1) is 15.4. The highest BCUT2D eigenvalue weighted by Crippen LogP contribution is 2.21. The van der Waals surface area contributed by atoms with Gasteiger partial charge in [0.25, 0.3) is 5.91 Å². The number of hydrogen-bond donors (Lipinski definition) is 1. The average molecular weight is 494 g/mol. The highest BCUT2D eigenvalue weighted by Gasteiger charge is 2.17. The summed E-state index contributed by atoms with van der Waals surface area (Å²) in [6, 6.07) is 17.5. The van der Waals surface area contributed by atoms with Gasteiger partial charge in [-0.25, -0.2) is 4.68 Å². The van der Waals surface area contributed by atoms with Crippen molar-refractivity contribution in [3.63, 3.8) is 0 Å². The smallest absolute Gasteiger partial charge is 0.276 e. The largest absolute Gasteiger partial charge is 0.471 e. The molecule has 0 bridgehead atoms. The van der Waals surface area contributed by atoms with Crippen molar-refractivity contribution in [3.8, 4) is 5.75 Å². The van der Waals surface area contributed by atoms with Crippen LogP contribution in [-0.2, 0) is 13.3 Å². The van der Waals surface area contributed by atoms with E-state index in [4.69, 9.17) is 4.74 Å². The summed E-state index contributed by atoms with van der Waals surface area (Å²) in [7, 11) is 0. The molecule has 8 heteroatoms. The third-order valence-corrected chi connectivity index (χ3v) is 5.65. The Balaban J connectivity index is 1.41. The van der Waals surface area contributed by atoms with Crippen LogP contribution in [0.25, 0.3) is 0 Å². The van der Waals surface area contributed by atoms with Crippen LogP contribution in [0.3, 0.4) is 0 Å². The van der Waals surface area contributed by atoms with Gasteiger partial charge >= 0.3 is 0 Å². The van der Waals surface area contributed by atoms with Crippen molar-refractivity contribution < 1.29 is 9.53 Å². The molecule has 2 aromatic carbocycles. The van der Waals surface area contributed by atoms with Gasteiger partial charge in [0.1, 0.15) is 5.75 Å². The Morgan fingerprint density at radius 3 is 2.44 bits per heavy atom. The lowest BCUT2D eigenvalue weighted by Gasteiger charge is -2.07. The van der Waals surface area contributed by atoms with Crippen molar-refractivity contribution >= 4 is 27.5 Å². The topological polar surface area (TPSA) is 74.0 Å². The fraction of sp³-hybridized carbons (Fsp3) is 0.208. The van der Waals surface area contributed by atoms with Gasteiger partial charge in [0.2, 0.25) is 0 Å². The van der Waals surface area contributed by atoms with Gasteiger partial charge in [0.15, 0.2) is 12.4 Å². The molecule has 0 spiro atoms. The highest BCUT2D eigenvalue weighted by atomic mass is 79.9. The van der Waals surface area contributed by atoms with E-state index in [-0.39, 0.29) is 12.6 Å². The van der Waals surface area contributed by atoms with Gasteiger partial charge in [0.05, 0.1) is 23.6 Å². The van der Waals surface area contributed by atoms with Crippen LogP contribution in [0.2, 0.25) is 0 Å². The number of benzene rings is 2. The van der Waals surface area contributed by atoms with Crippen molar-refractivity contribution in [2.45, 2.75) is 34.0 Å². The molecule has 7 nitrogen and oxygen atoms in total. The van der Waals surface area contributed by atoms with Gasteiger partial charge < -0.3 is 10.1 Å². The Morgan fingerprint density at radius 1 is 1.00 bits per heavy atom. The summed E-state index contributed by atoms with van der Waals surface area (Å²) in [6.45, 7) is 6.76. The molecular formula is C24H24BrN5O2. The van der Waals surface area contributed by atoms with Crippen molar-refractivity contribution in [2.24, 2.45) is 0 Å². The summed E-state index contributed by atoms with van der Waals surface area (Å²) in [5.74, 6) is 0.440. The minimum Gasteiger partial charge on any atom is -0.471 e. The molecule has 0 unspecified atom stereocenters. The molecule has 2 heterocycles. The number of hydrogen-bond acceptors (Lipinski definition) is 4. The van der Waals surface area contributed by atoms with Gasteiger partial charge in [0, 0.05) is 10.7 Å². The second-order valence-electron chi connectivity index (χ2n) is 7.61. The molecule has 1 amide bonds. The van der Waals surface area contributed by atoms with Gasteiger partial charge in [-0.3, -0.25) is 9.48 Å². The van der Waals surface area contributed by atoms with Crippen LogP contribution in [0.5, 0.6) is 5.75 Å². The molecule has 1 N–H and O–H groups in total. The zero-order chi connectivity index (χ0) is 22.7. The number of ether oxygens (including phenoxy) is 1. The summed E-state index contributed by atoms with van der Waals surface area (Å²) >= 11 is 3.39. The number of rotatable bonds is 7. The number of aromatic nitrogens is 4. The van der Waals surface area contributed by atoms with E-state index >= 15 is 0 Å². The molecule has 4 rings (SSSR count). The maximum atomic E-state index is 12.8. The van der Waals surface area contributed by atoms with E-state index in [1.165, 1.54) is 5.56 Å². The third-order valence-electron chi connectivity index (χ3n) is 5.12. The maximum absolute atomic E-state index is 12.8. The lowest BCUT2D eigenvalue weighted by Crippen LogP contribution is -2.15. The van der Waals surface area contributed by atoms with E-state index in [9.17, 15) is 4.79 Å². The second-order valence-corrected chi connectivity index (χ2v) is 8.53. The van der Waals surface area contributed by atoms with E-state index in [1.807, 2.05) is 42.8 Å². The standard InChI is InChI=1S/C24H24BrN5O2/c1-16-4-6-19(7-5-16)14-30-18(3)23(17(2)27-30)26-24(31)22-12-13-29(28-22)15-32-21-10-8-20(25)9-11-21/h4-13H,14-15H2,1-3H3,(H,26,31). The Bertz CT molecular complexity index is 1230. The average Bonchev–Trinajstić information content (AvgIpc) is 3.35. The van der Waals surface area contributed by atoms with Crippen molar-refractivity contribution in [1.29, 1.82) is 0 Å². The number of carbonyl (C=O) groups is 1. The molecule has 0 atom stereocenters. The van der Waals surface area contributed by atoms with Gasteiger partial charge in [-0.15, -0.1) is 0 Å². The predicted octanol–water partition coefficient (Wildman–Crippen LogP) is 5.10. The van der Waals surface area contributed by atoms with E-state index in [0.717, 1.165) is 27.2 Å². The zero-order valence-electron chi connectivity index (χ0n) is 18.2. The number of anilines is 1. The van der Waals surface area contributed by atoms with Crippen molar-refractivity contribution in [1.82, 2.24) is 19.6 Å². The first kappa shape index (κ1) is 21.8. The molecule has 0 aliphatic heterocycles. The van der Waals surface area contributed by atoms with E-state index in [1.54, 1.807) is 16.9 Å². The van der Waals surface area contributed by atoms with Crippen molar-refractivity contribution in [3.05, 3.63) is 93.5 Å². The minimum absolute atomic E-state index is 0.210. The fourth-order valence-electron chi connectivity index (χ4n) is 3.30. The number of aryl methyl sites for hydroxylation is 2. The number of amides is 1. The van der Waals surface area contributed by atoms with Crippen molar-refractivity contribution in [2.75, 3.05) is 5.32 Å². The number of nitrogens with zero attached hydrogens (tertiary/aromatic N) is 4. The maximum Gasteiger partial charge on any atom is 0.276 e. The molecule has 0 aliphatic rings. The molecule has 0 aliphatic carbocycles. The molecular weight excluding hydrogens is 470 g/mol.